The topological polar surface area (TPSA) is 67.2 Å². The average molecular weight is 392 g/mol. The molecule has 2 aromatic heterocycles. The number of amides is 2. The minimum atomic E-state index is -0.282. The van der Waals surface area contributed by atoms with E-state index in [4.69, 9.17) is 0 Å². The Morgan fingerprint density at radius 2 is 2.17 bits per heavy atom. The number of carbonyl (C=O) groups is 2. The van der Waals surface area contributed by atoms with Gasteiger partial charge >= 0.3 is 0 Å². The van der Waals surface area contributed by atoms with Gasteiger partial charge in [-0.3, -0.25) is 9.59 Å². The normalized spacial score (nSPS) is 13.6. The SMILES string of the molecule is CN(Cc1cn(C)c2cc(F)ccc12)C(=O)/C=C/c1cnc2c(c1)CCC(=O)N2. The lowest BCUT2D eigenvalue weighted by Gasteiger charge is -2.16. The minimum Gasteiger partial charge on any atom is -0.350 e. The molecular formula is C22H21FN4O2. The van der Waals surface area contributed by atoms with Crippen molar-refractivity contribution in [1.82, 2.24) is 14.5 Å². The molecule has 0 unspecified atom stereocenters. The molecule has 0 atom stereocenters. The maximum absolute atomic E-state index is 13.5. The number of nitrogens with one attached hydrogen (secondary N) is 1. The molecule has 1 N–H and O–H groups in total. The van der Waals surface area contributed by atoms with Crippen molar-refractivity contribution in [3.05, 3.63) is 65.2 Å². The molecular weight excluding hydrogens is 371 g/mol. The maximum Gasteiger partial charge on any atom is 0.246 e. The smallest absolute Gasteiger partial charge is 0.246 e. The molecule has 0 saturated heterocycles. The van der Waals surface area contributed by atoms with Crippen LogP contribution in [0.15, 0.2) is 42.7 Å². The number of aromatic nitrogens is 2. The zero-order chi connectivity index (χ0) is 20.5. The van der Waals surface area contributed by atoms with Crippen molar-refractivity contribution >= 4 is 34.6 Å². The van der Waals surface area contributed by atoms with Gasteiger partial charge in [-0.15, -0.1) is 0 Å². The Balaban J connectivity index is 1.47. The van der Waals surface area contributed by atoms with E-state index in [0.717, 1.165) is 27.6 Å². The molecule has 1 aliphatic rings. The summed E-state index contributed by atoms with van der Waals surface area (Å²) in [7, 11) is 3.59. The van der Waals surface area contributed by atoms with Gasteiger partial charge < -0.3 is 14.8 Å². The van der Waals surface area contributed by atoms with E-state index in [0.29, 0.717) is 25.2 Å². The zero-order valence-corrected chi connectivity index (χ0v) is 16.3. The summed E-state index contributed by atoms with van der Waals surface area (Å²) in [5.41, 5.74) is 3.53. The first kappa shape index (κ1) is 18.9. The highest BCUT2D eigenvalue weighted by atomic mass is 19.1. The molecule has 1 aromatic carbocycles. The van der Waals surface area contributed by atoms with E-state index in [1.807, 2.05) is 23.9 Å². The number of nitrogens with zero attached hydrogens (tertiary/aromatic N) is 3. The predicted octanol–water partition coefficient (Wildman–Crippen LogP) is 3.27. The second kappa shape index (κ2) is 7.50. The first-order valence-corrected chi connectivity index (χ1v) is 9.36. The fraction of sp³-hybridized carbons (Fsp3) is 0.227. The first-order valence-electron chi connectivity index (χ1n) is 9.36. The third-order valence-corrected chi connectivity index (χ3v) is 5.10. The maximum atomic E-state index is 13.5. The molecule has 1 aliphatic heterocycles. The van der Waals surface area contributed by atoms with Crippen molar-refractivity contribution in [2.24, 2.45) is 7.05 Å². The number of fused-ring (bicyclic) bond motifs is 2. The molecule has 29 heavy (non-hydrogen) atoms. The molecule has 0 aliphatic carbocycles. The van der Waals surface area contributed by atoms with E-state index < -0.39 is 0 Å². The van der Waals surface area contributed by atoms with Crippen LogP contribution in [0.1, 0.15) is 23.1 Å². The Labute approximate surface area is 167 Å². The number of benzene rings is 1. The fourth-order valence-electron chi connectivity index (χ4n) is 3.56. The van der Waals surface area contributed by atoms with Gasteiger partial charge in [0.1, 0.15) is 11.6 Å². The van der Waals surface area contributed by atoms with Crippen LogP contribution in [-0.2, 0) is 29.6 Å². The number of anilines is 1. The van der Waals surface area contributed by atoms with Gasteiger partial charge in [-0.2, -0.15) is 0 Å². The number of aryl methyl sites for hydroxylation is 2. The Kier molecular flexibility index (Phi) is 4.88. The number of halogens is 1. The molecule has 4 rings (SSSR count). The average Bonchev–Trinajstić information content (AvgIpc) is 3.00. The minimum absolute atomic E-state index is 0.0266. The van der Waals surface area contributed by atoms with Crippen LogP contribution in [0.5, 0.6) is 0 Å². The van der Waals surface area contributed by atoms with Crippen LogP contribution in [0.4, 0.5) is 10.2 Å². The van der Waals surface area contributed by atoms with Crippen molar-refractivity contribution in [3.8, 4) is 0 Å². The highest BCUT2D eigenvalue weighted by molar-refractivity contribution is 5.94. The number of hydrogen-bond acceptors (Lipinski definition) is 3. The van der Waals surface area contributed by atoms with Crippen LogP contribution in [-0.4, -0.2) is 33.3 Å². The molecule has 6 nitrogen and oxygen atoms in total. The summed E-state index contributed by atoms with van der Waals surface area (Å²) in [4.78, 5) is 29.8. The van der Waals surface area contributed by atoms with Crippen LogP contribution in [0.2, 0.25) is 0 Å². The van der Waals surface area contributed by atoms with Crippen LogP contribution in [0.3, 0.4) is 0 Å². The van der Waals surface area contributed by atoms with Gasteiger partial charge in [-0.05, 0) is 53.5 Å². The highest BCUT2D eigenvalue weighted by Crippen LogP contribution is 2.23. The molecule has 3 aromatic rings. The van der Waals surface area contributed by atoms with E-state index >= 15 is 0 Å². The molecule has 0 bridgehead atoms. The first-order chi connectivity index (χ1) is 13.9. The van der Waals surface area contributed by atoms with E-state index in [1.54, 1.807) is 30.3 Å². The van der Waals surface area contributed by atoms with E-state index in [2.05, 4.69) is 10.3 Å². The second-order valence-electron chi connectivity index (χ2n) is 7.28. The summed E-state index contributed by atoms with van der Waals surface area (Å²) >= 11 is 0. The van der Waals surface area contributed by atoms with Crippen LogP contribution in [0, 0.1) is 5.82 Å². The molecule has 148 valence electrons. The Hall–Kier alpha value is -3.48. The number of pyridine rings is 1. The van der Waals surface area contributed by atoms with E-state index in [1.165, 1.54) is 18.2 Å². The van der Waals surface area contributed by atoms with Gasteiger partial charge in [-0.25, -0.2) is 9.37 Å². The summed E-state index contributed by atoms with van der Waals surface area (Å²) in [5, 5.41) is 3.67. The highest BCUT2D eigenvalue weighted by Gasteiger charge is 2.16. The molecule has 3 heterocycles. The lowest BCUT2D eigenvalue weighted by Crippen LogP contribution is -2.24. The summed E-state index contributed by atoms with van der Waals surface area (Å²) < 4.78 is 15.4. The van der Waals surface area contributed by atoms with Crippen molar-refractivity contribution in [1.29, 1.82) is 0 Å². The summed E-state index contributed by atoms with van der Waals surface area (Å²) in [6, 6.07) is 6.60. The number of rotatable bonds is 4. The zero-order valence-electron chi connectivity index (χ0n) is 16.3. The van der Waals surface area contributed by atoms with Gasteiger partial charge in [0, 0.05) is 50.9 Å². The number of hydrogen-bond donors (Lipinski definition) is 1. The standard InChI is InChI=1S/C22H21FN4O2/c1-26-12-16(18-6-5-17(23)10-19(18)26)13-27(2)21(29)8-3-14-9-15-4-7-20(28)25-22(15)24-11-14/h3,5-6,8-12H,4,7,13H2,1-2H3,(H,24,25,28)/b8-3+. The number of carbonyl (C=O) groups excluding carboxylic acids is 2. The van der Waals surface area contributed by atoms with Gasteiger partial charge in [0.15, 0.2) is 0 Å². The van der Waals surface area contributed by atoms with Gasteiger partial charge in [0.2, 0.25) is 11.8 Å². The molecule has 0 saturated carbocycles. The van der Waals surface area contributed by atoms with Crippen LogP contribution < -0.4 is 5.32 Å². The summed E-state index contributed by atoms with van der Waals surface area (Å²) in [6.07, 6.45) is 7.87. The fourth-order valence-corrected chi connectivity index (χ4v) is 3.56. The monoisotopic (exact) mass is 392 g/mol. The Morgan fingerprint density at radius 3 is 3.00 bits per heavy atom. The third kappa shape index (κ3) is 3.89. The van der Waals surface area contributed by atoms with Gasteiger partial charge in [0.25, 0.3) is 0 Å². The Bertz CT molecular complexity index is 1150. The lowest BCUT2D eigenvalue weighted by atomic mass is 10.0. The molecule has 2 amide bonds. The number of likely N-dealkylation sites (N-methyl/N-ethyl adjacent to an activating group) is 1. The van der Waals surface area contributed by atoms with Gasteiger partial charge in [-0.1, -0.05) is 0 Å². The van der Waals surface area contributed by atoms with Crippen molar-refractivity contribution in [2.45, 2.75) is 19.4 Å². The van der Waals surface area contributed by atoms with Crippen LogP contribution >= 0.6 is 0 Å². The molecule has 0 radical (unpaired) electrons. The largest absolute Gasteiger partial charge is 0.350 e. The van der Waals surface area contributed by atoms with Crippen molar-refractivity contribution in [2.75, 3.05) is 12.4 Å². The summed E-state index contributed by atoms with van der Waals surface area (Å²) in [6.45, 7) is 0.417. The quantitative estimate of drug-likeness (QED) is 0.693. The van der Waals surface area contributed by atoms with Crippen LogP contribution in [0.25, 0.3) is 17.0 Å². The lowest BCUT2D eigenvalue weighted by molar-refractivity contribution is -0.125. The van der Waals surface area contributed by atoms with E-state index in [-0.39, 0.29) is 17.6 Å². The van der Waals surface area contributed by atoms with Crippen molar-refractivity contribution < 1.29 is 14.0 Å². The van der Waals surface area contributed by atoms with Gasteiger partial charge in [0.05, 0.1) is 5.52 Å². The molecule has 0 fully saturated rings. The third-order valence-electron chi connectivity index (χ3n) is 5.10. The predicted molar refractivity (Wildman–Crippen MR) is 110 cm³/mol. The molecule has 7 heteroatoms. The molecule has 0 spiro atoms. The Morgan fingerprint density at radius 1 is 1.34 bits per heavy atom. The second-order valence-corrected chi connectivity index (χ2v) is 7.28. The summed E-state index contributed by atoms with van der Waals surface area (Å²) in [5.74, 6) is 0.140. The van der Waals surface area contributed by atoms with Crippen molar-refractivity contribution in [3.63, 3.8) is 0 Å². The van der Waals surface area contributed by atoms with E-state index in [9.17, 15) is 14.0 Å².